The van der Waals surface area contributed by atoms with E-state index < -0.39 is 6.61 Å². The van der Waals surface area contributed by atoms with Crippen molar-refractivity contribution >= 4 is 11.8 Å². The monoisotopic (exact) mass is 269 g/mol. The molecule has 108 valence electrons. The van der Waals surface area contributed by atoms with E-state index in [1.165, 1.54) is 7.11 Å². The maximum absolute atomic E-state index is 11.7. The number of carbonyl (C=O) groups is 2. The molecule has 1 rings (SSSR count). The molecule has 0 aliphatic carbocycles. The van der Waals surface area contributed by atoms with Gasteiger partial charge in [0, 0.05) is 27.6 Å². The molecule has 0 saturated carbocycles. The highest BCUT2D eigenvalue weighted by molar-refractivity contribution is 5.79. The van der Waals surface area contributed by atoms with E-state index in [-0.39, 0.29) is 26.9 Å². The van der Waals surface area contributed by atoms with Crippen LogP contribution in [0.2, 0.25) is 0 Å². The number of hydrogen-bond acceptors (Lipinski definition) is 5. The predicted octanol–water partition coefficient (Wildman–Crippen LogP) is 1.64. The van der Waals surface area contributed by atoms with E-state index in [0.717, 1.165) is 5.69 Å². The van der Waals surface area contributed by atoms with Crippen LogP contribution in [0.4, 0.5) is 0 Å². The van der Waals surface area contributed by atoms with Crippen LogP contribution < -0.4 is 0 Å². The van der Waals surface area contributed by atoms with Crippen LogP contribution in [0.25, 0.3) is 0 Å². The molecular formula is C14H23NO4. The molecule has 1 heterocycles. The number of methoxy groups -OCH3 is 1. The van der Waals surface area contributed by atoms with E-state index >= 15 is 0 Å². The number of carbonyl (C=O) groups excluding carboxylic acids is 2. The molecule has 19 heavy (non-hydrogen) atoms. The molecule has 1 N–H and O–H groups in total. The lowest BCUT2D eigenvalue weighted by Crippen LogP contribution is -2.19. The van der Waals surface area contributed by atoms with Crippen LogP contribution in [0.15, 0.2) is 24.4 Å². The number of hydrogen-bond donors (Lipinski definition) is 1. The quantitative estimate of drug-likeness (QED) is 0.726. The second-order valence-corrected chi connectivity index (χ2v) is 4.33. The Hall–Kier alpha value is -1.75. The van der Waals surface area contributed by atoms with Crippen molar-refractivity contribution in [3.8, 4) is 0 Å². The number of rotatable bonds is 8. The summed E-state index contributed by atoms with van der Waals surface area (Å²) < 4.78 is 4.77. The smallest absolute Gasteiger partial charge is 0.309 e. The topological polar surface area (TPSA) is 76.5 Å². The van der Waals surface area contributed by atoms with Gasteiger partial charge >= 0.3 is 5.97 Å². The Morgan fingerprint density at radius 1 is 1.47 bits per heavy atom. The SMILES string of the molecule is COC(=O)[C@@H](CCCC(=O)CO)Cc1ccccn1.[HH].[HH]. The number of esters is 1. The first-order chi connectivity index (χ1) is 9.17. The minimum absolute atomic E-state index is 0. The first kappa shape index (κ1) is 15.3. The molecule has 0 aliphatic rings. The van der Waals surface area contributed by atoms with Crippen molar-refractivity contribution in [2.24, 2.45) is 5.92 Å². The summed E-state index contributed by atoms with van der Waals surface area (Å²) in [4.78, 5) is 26.9. The third kappa shape index (κ3) is 5.61. The Balaban J connectivity index is 0. The van der Waals surface area contributed by atoms with Crippen molar-refractivity contribution < 1.29 is 22.3 Å². The summed E-state index contributed by atoms with van der Waals surface area (Å²) in [6, 6.07) is 5.54. The number of ketones is 1. The molecule has 5 heteroatoms. The lowest BCUT2D eigenvalue weighted by atomic mass is 9.96. The summed E-state index contributed by atoms with van der Waals surface area (Å²) in [5.74, 6) is -0.796. The summed E-state index contributed by atoms with van der Waals surface area (Å²) in [5, 5.41) is 8.64. The van der Waals surface area contributed by atoms with Gasteiger partial charge < -0.3 is 9.84 Å². The number of Topliss-reactive ketones (excluding diaryl/α,β-unsaturated/α-hetero) is 1. The van der Waals surface area contributed by atoms with Gasteiger partial charge in [-0.3, -0.25) is 14.6 Å². The number of nitrogens with zero attached hydrogens (tertiary/aromatic N) is 1. The van der Waals surface area contributed by atoms with Crippen LogP contribution in [0.5, 0.6) is 0 Å². The van der Waals surface area contributed by atoms with Gasteiger partial charge in [0.05, 0.1) is 13.0 Å². The highest BCUT2D eigenvalue weighted by atomic mass is 16.5. The molecule has 1 aromatic heterocycles. The molecule has 0 spiro atoms. The molecule has 5 nitrogen and oxygen atoms in total. The maximum Gasteiger partial charge on any atom is 0.309 e. The molecule has 0 radical (unpaired) electrons. The van der Waals surface area contributed by atoms with Gasteiger partial charge in [-0.1, -0.05) is 6.07 Å². The van der Waals surface area contributed by atoms with Crippen molar-refractivity contribution in [2.45, 2.75) is 25.7 Å². The second-order valence-electron chi connectivity index (χ2n) is 4.33. The number of aliphatic hydroxyl groups excluding tert-OH is 1. The molecule has 0 amide bonds. The van der Waals surface area contributed by atoms with E-state index in [2.05, 4.69) is 4.98 Å². The van der Waals surface area contributed by atoms with Crippen molar-refractivity contribution in [3.63, 3.8) is 0 Å². The third-order valence-electron chi connectivity index (χ3n) is 2.90. The third-order valence-corrected chi connectivity index (χ3v) is 2.90. The first-order valence-electron chi connectivity index (χ1n) is 6.27. The van der Waals surface area contributed by atoms with Gasteiger partial charge in [-0.05, 0) is 25.0 Å². The summed E-state index contributed by atoms with van der Waals surface area (Å²) >= 11 is 0. The van der Waals surface area contributed by atoms with Gasteiger partial charge in [0.2, 0.25) is 0 Å². The predicted molar refractivity (Wildman–Crippen MR) is 73.6 cm³/mol. The van der Waals surface area contributed by atoms with Crippen LogP contribution in [0.3, 0.4) is 0 Å². The second kappa shape index (κ2) is 8.37. The van der Waals surface area contributed by atoms with E-state index in [9.17, 15) is 9.59 Å². The molecule has 0 aromatic carbocycles. The van der Waals surface area contributed by atoms with Gasteiger partial charge in [-0.2, -0.15) is 0 Å². The van der Waals surface area contributed by atoms with E-state index in [1.807, 2.05) is 18.2 Å². The first-order valence-corrected chi connectivity index (χ1v) is 6.27. The Bertz CT molecular complexity index is 415. The van der Waals surface area contributed by atoms with Gasteiger partial charge in [0.1, 0.15) is 6.61 Å². The zero-order valence-electron chi connectivity index (χ0n) is 11.0. The van der Waals surface area contributed by atoms with Crippen LogP contribution >= 0.6 is 0 Å². The van der Waals surface area contributed by atoms with Crippen molar-refractivity contribution in [2.75, 3.05) is 13.7 Å². The standard InChI is InChI=1S/C14H19NO4.2H2/c1-19-14(18)11(5-4-7-13(17)10-16)9-12-6-2-3-8-15-12;;/h2-3,6,8,11,16H,4-5,7,9-10H2,1H3;2*1H/t11-;;/m0../s1. The highest BCUT2D eigenvalue weighted by Crippen LogP contribution is 2.16. The van der Waals surface area contributed by atoms with Crippen LogP contribution in [-0.2, 0) is 20.7 Å². The number of aromatic nitrogens is 1. The fourth-order valence-corrected chi connectivity index (χ4v) is 1.87. The Kier molecular flexibility index (Phi) is 6.74. The summed E-state index contributed by atoms with van der Waals surface area (Å²) in [7, 11) is 1.35. The minimum Gasteiger partial charge on any atom is -0.469 e. The number of pyridine rings is 1. The Morgan fingerprint density at radius 3 is 2.84 bits per heavy atom. The average Bonchev–Trinajstić information content (AvgIpc) is 2.46. The van der Waals surface area contributed by atoms with E-state index in [0.29, 0.717) is 19.3 Å². The van der Waals surface area contributed by atoms with Crippen molar-refractivity contribution in [1.82, 2.24) is 4.98 Å². The van der Waals surface area contributed by atoms with Crippen LogP contribution in [0, 0.1) is 5.92 Å². The molecule has 0 bridgehead atoms. The fourth-order valence-electron chi connectivity index (χ4n) is 1.87. The maximum atomic E-state index is 11.7. The largest absolute Gasteiger partial charge is 0.469 e. The molecule has 0 aliphatic heterocycles. The average molecular weight is 269 g/mol. The lowest BCUT2D eigenvalue weighted by molar-refractivity contribution is -0.145. The van der Waals surface area contributed by atoms with Gasteiger partial charge in [0.15, 0.2) is 5.78 Å². The van der Waals surface area contributed by atoms with Gasteiger partial charge in [-0.25, -0.2) is 0 Å². The van der Waals surface area contributed by atoms with Gasteiger partial charge in [-0.15, -0.1) is 0 Å². The Labute approximate surface area is 115 Å². The zero-order chi connectivity index (χ0) is 14.1. The summed E-state index contributed by atoms with van der Waals surface area (Å²) in [6.07, 6.45) is 3.58. The molecule has 0 saturated heterocycles. The normalized spacial score (nSPS) is 11.9. The number of aliphatic hydroxyl groups is 1. The van der Waals surface area contributed by atoms with E-state index in [1.54, 1.807) is 6.20 Å². The Morgan fingerprint density at radius 2 is 2.26 bits per heavy atom. The summed E-state index contributed by atoms with van der Waals surface area (Å²) in [5.41, 5.74) is 0.825. The summed E-state index contributed by atoms with van der Waals surface area (Å²) in [6.45, 7) is -0.441. The van der Waals surface area contributed by atoms with Crippen molar-refractivity contribution in [1.29, 1.82) is 0 Å². The highest BCUT2D eigenvalue weighted by Gasteiger charge is 2.20. The van der Waals surface area contributed by atoms with Crippen LogP contribution in [-0.4, -0.2) is 35.6 Å². The zero-order valence-corrected chi connectivity index (χ0v) is 11.0. The molecule has 1 aromatic rings. The molecule has 1 atom stereocenters. The van der Waals surface area contributed by atoms with Crippen molar-refractivity contribution in [3.05, 3.63) is 30.1 Å². The van der Waals surface area contributed by atoms with Crippen LogP contribution in [0.1, 0.15) is 27.8 Å². The molecular weight excluding hydrogens is 246 g/mol. The molecule has 0 unspecified atom stereocenters. The van der Waals surface area contributed by atoms with Gasteiger partial charge in [0.25, 0.3) is 0 Å². The minimum atomic E-state index is -0.441. The van der Waals surface area contributed by atoms with E-state index in [4.69, 9.17) is 9.84 Å². The molecule has 0 fully saturated rings. The fraction of sp³-hybridized carbons (Fsp3) is 0.500. The number of ether oxygens (including phenoxy) is 1. The lowest BCUT2D eigenvalue weighted by Gasteiger charge is -2.13.